The van der Waals surface area contributed by atoms with Gasteiger partial charge in [-0.3, -0.25) is 0 Å². The van der Waals surface area contributed by atoms with Crippen molar-refractivity contribution in [3.05, 3.63) is 0 Å². The molecule has 0 aromatic carbocycles. The molecule has 0 aliphatic carbocycles. The monoisotopic (exact) mass is 116 g/mol. The zero-order valence-electron chi connectivity index (χ0n) is 3.39. The first-order valence-electron chi connectivity index (χ1n) is 1.45. The van der Waals surface area contributed by atoms with Gasteiger partial charge in [0.15, 0.2) is 0 Å². The normalized spacial score (nSPS) is 10.0. The van der Waals surface area contributed by atoms with E-state index < -0.39 is 8.56 Å². The third-order valence-electron chi connectivity index (χ3n) is 0. The van der Waals surface area contributed by atoms with Gasteiger partial charge in [-0.25, -0.2) is 0 Å². The molecule has 0 aromatic rings. The molecule has 0 aliphatic rings. The van der Waals surface area contributed by atoms with Crippen LogP contribution >= 0.6 is 0 Å². The van der Waals surface area contributed by atoms with Crippen molar-refractivity contribution in [2.75, 3.05) is 0 Å². The average Bonchev–Trinajstić information content (AvgIpc) is 0.722. The first-order valence-corrected chi connectivity index (χ1v) is 4.34. The number of hydrogen-bond acceptors (Lipinski definition) is 2. The van der Waals surface area contributed by atoms with Gasteiger partial charge in [-0.2, -0.15) is 0 Å². The Morgan fingerprint density at radius 1 is 1.17 bits per heavy atom. The SMILES string of the molecule is C[Si](C)(O)O.[NaH]. The van der Waals surface area contributed by atoms with Crippen molar-refractivity contribution >= 4 is 38.1 Å². The van der Waals surface area contributed by atoms with Crippen molar-refractivity contribution in [3.63, 3.8) is 0 Å². The fourth-order valence-corrected chi connectivity index (χ4v) is 0. The summed E-state index contributed by atoms with van der Waals surface area (Å²) in [5.74, 6) is 0. The van der Waals surface area contributed by atoms with Gasteiger partial charge >= 0.3 is 38.1 Å². The van der Waals surface area contributed by atoms with E-state index in [1.54, 1.807) is 0 Å². The molecule has 0 saturated heterocycles. The molecule has 0 unspecified atom stereocenters. The minimum atomic E-state index is -2.61. The van der Waals surface area contributed by atoms with E-state index in [2.05, 4.69) is 0 Å². The zero-order valence-corrected chi connectivity index (χ0v) is 4.39. The molecule has 6 heavy (non-hydrogen) atoms. The summed E-state index contributed by atoms with van der Waals surface area (Å²) in [6.45, 7) is 2.88. The molecule has 4 heteroatoms. The summed E-state index contributed by atoms with van der Waals surface area (Å²) in [5.41, 5.74) is 0. The van der Waals surface area contributed by atoms with Crippen LogP contribution in [0.2, 0.25) is 13.1 Å². The molecule has 0 amide bonds. The van der Waals surface area contributed by atoms with E-state index >= 15 is 0 Å². The van der Waals surface area contributed by atoms with Crippen LogP contribution < -0.4 is 0 Å². The molecule has 0 spiro atoms. The average molecular weight is 116 g/mol. The van der Waals surface area contributed by atoms with Gasteiger partial charge in [0.2, 0.25) is 0 Å². The van der Waals surface area contributed by atoms with Gasteiger partial charge in [0.25, 0.3) is 0 Å². The van der Waals surface area contributed by atoms with Crippen LogP contribution in [0.1, 0.15) is 0 Å². The maximum absolute atomic E-state index is 8.22. The molecule has 34 valence electrons. The van der Waals surface area contributed by atoms with Crippen LogP contribution in [-0.2, 0) is 0 Å². The van der Waals surface area contributed by atoms with E-state index in [-0.39, 0.29) is 29.6 Å². The summed E-state index contributed by atoms with van der Waals surface area (Å²) < 4.78 is 0. The van der Waals surface area contributed by atoms with Gasteiger partial charge in [0.1, 0.15) is 0 Å². The quantitative estimate of drug-likeness (QED) is 0.399. The Balaban J connectivity index is 0. The van der Waals surface area contributed by atoms with Crippen LogP contribution in [0, 0.1) is 0 Å². The molecule has 0 rings (SSSR count). The maximum atomic E-state index is 8.22. The van der Waals surface area contributed by atoms with E-state index in [0.717, 1.165) is 0 Å². The Bertz CT molecular complexity index is 27.0. The van der Waals surface area contributed by atoms with Crippen LogP contribution in [0.3, 0.4) is 0 Å². The van der Waals surface area contributed by atoms with Crippen molar-refractivity contribution in [2.45, 2.75) is 13.1 Å². The van der Waals surface area contributed by atoms with E-state index in [9.17, 15) is 0 Å². The second-order valence-corrected chi connectivity index (χ2v) is 4.48. The minimum absolute atomic E-state index is 0. The number of rotatable bonds is 0. The molecule has 0 radical (unpaired) electrons. The number of hydrogen-bond donors (Lipinski definition) is 2. The van der Waals surface area contributed by atoms with Gasteiger partial charge in [0, 0.05) is 0 Å². The predicted octanol–water partition coefficient (Wildman–Crippen LogP) is -0.976. The molecule has 2 N–H and O–H groups in total. The first-order chi connectivity index (χ1) is 2.00. The third kappa shape index (κ3) is 68.0. The Hall–Kier alpha value is 1.14. The first kappa shape index (κ1) is 10.2. The summed E-state index contributed by atoms with van der Waals surface area (Å²) >= 11 is 0. The van der Waals surface area contributed by atoms with Crippen LogP contribution in [0.4, 0.5) is 0 Å². The van der Waals surface area contributed by atoms with Crippen LogP contribution in [0.25, 0.3) is 0 Å². The van der Waals surface area contributed by atoms with Crippen LogP contribution in [0.15, 0.2) is 0 Å². The fraction of sp³-hybridized carbons (Fsp3) is 1.00. The van der Waals surface area contributed by atoms with Crippen LogP contribution in [-0.4, -0.2) is 47.7 Å². The second kappa shape index (κ2) is 3.18. The van der Waals surface area contributed by atoms with E-state index in [1.807, 2.05) is 0 Å². The standard InChI is InChI=1S/C2H8O2Si.Na.H/c1-5(2,3)4;;/h3-4H,1-2H3;;. The van der Waals surface area contributed by atoms with Gasteiger partial charge < -0.3 is 9.59 Å². The Morgan fingerprint density at radius 3 is 1.17 bits per heavy atom. The summed E-state index contributed by atoms with van der Waals surface area (Å²) in [6, 6.07) is 0. The van der Waals surface area contributed by atoms with Crippen molar-refractivity contribution in [1.82, 2.24) is 0 Å². The molecular formula is C2H9NaO2Si. The van der Waals surface area contributed by atoms with Crippen molar-refractivity contribution < 1.29 is 9.59 Å². The zero-order chi connectivity index (χ0) is 4.50. The van der Waals surface area contributed by atoms with E-state index in [1.165, 1.54) is 13.1 Å². The molecule has 0 bridgehead atoms. The summed E-state index contributed by atoms with van der Waals surface area (Å²) in [7, 11) is -2.61. The van der Waals surface area contributed by atoms with Crippen molar-refractivity contribution in [2.24, 2.45) is 0 Å². The molecule has 0 heterocycles. The van der Waals surface area contributed by atoms with Crippen molar-refractivity contribution in [1.29, 1.82) is 0 Å². The third-order valence-corrected chi connectivity index (χ3v) is 0. The second-order valence-electron chi connectivity index (χ2n) is 1.49. The predicted molar refractivity (Wildman–Crippen MR) is 29.1 cm³/mol. The molecule has 0 atom stereocenters. The van der Waals surface area contributed by atoms with E-state index in [4.69, 9.17) is 9.59 Å². The van der Waals surface area contributed by atoms with Gasteiger partial charge in [-0.1, -0.05) is 0 Å². The molecule has 2 nitrogen and oxygen atoms in total. The summed E-state index contributed by atoms with van der Waals surface area (Å²) in [4.78, 5) is 16.4. The fourth-order valence-electron chi connectivity index (χ4n) is 0. The van der Waals surface area contributed by atoms with Crippen molar-refractivity contribution in [3.8, 4) is 0 Å². The summed E-state index contributed by atoms with van der Waals surface area (Å²) in [5, 5.41) is 0. The molecule has 0 aliphatic heterocycles. The molecular weight excluding hydrogens is 107 g/mol. The Morgan fingerprint density at radius 2 is 1.17 bits per heavy atom. The van der Waals surface area contributed by atoms with Gasteiger partial charge in [-0.15, -0.1) is 0 Å². The molecule has 0 saturated carbocycles. The molecule has 0 aromatic heterocycles. The van der Waals surface area contributed by atoms with Crippen LogP contribution in [0.5, 0.6) is 0 Å². The van der Waals surface area contributed by atoms with Gasteiger partial charge in [-0.05, 0) is 13.1 Å². The molecule has 0 fully saturated rings. The Labute approximate surface area is 60.7 Å². The topological polar surface area (TPSA) is 40.5 Å². The van der Waals surface area contributed by atoms with E-state index in [0.29, 0.717) is 0 Å². The summed E-state index contributed by atoms with van der Waals surface area (Å²) in [6.07, 6.45) is 0. The van der Waals surface area contributed by atoms with Gasteiger partial charge in [0.05, 0.1) is 0 Å². The Kier molecular flexibility index (Phi) is 5.40.